The molecule has 0 fully saturated rings. The molecule has 0 saturated heterocycles. The van der Waals surface area contributed by atoms with Gasteiger partial charge in [-0.15, -0.1) is 0 Å². The van der Waals surface area contributed by atoms with Crippen LogP contribution in [0.2, 0.25) is 0 Å². The van der Waals surface area contributed by atoms with E-state index in [9.17, 15) is 4.39 Å². The van der Waals surface area contributed by atoms with E-state index in [1.165, 1.54) is 10.6 Å². The van der Waals surface area contributed by atoms with E-state index in [0.29, 0.717) is 17.2 Å². The number of rotatable bonds is 1. The molecule has 5 nitrogen and oxygen atoms in total. The van der Waals surface area contributed by atoms with Gasteiger partial charge in [-0.25, -0.2) is 23.9 Å². The number of aryl methyl sites for hydroxylation is 2. The lowest BCUT2D eigenvalue weighted by atomic mass is 10.1. The Balaban J connectivity index is 1.92. The van der Waals surface area contributed by atoms with Gasteiger partial charge in [-0.1, -0.05) is 11.6 Å². The molecular formula is C16H12FN5. The standard InChI is InChI=1S/C16H12FN5/c1-9-3-4-14-11(5-9)7-18-15(20-14)12-6-13(17)16-19-10(2)21-22(16)8-12/h3-8H,1-2H3. The van der Waals surface area contributed by atoms with Crippen molar-refractivity contribution in [2.45, 2.75) is 13.8 Å². The molecule has 0 aliphatic carbocycles. The smallest absolute Gasteiger partial charge is 0.191 e. The summed E-state index contributed by atoms with van der Waals surface area (Å²) < 4.78 is 15.6. The number of hydrogen-bond acceptors (Lipinski definition) is 4. The Morgan fingerprint density at radius 2 is 1.95 bits per heavy atom. The Labute approximate surface area is 125 Å². The minimum absolute atomic E-state index is 0.206. The van der Waals surface area contributed by atoms with Crippen LogP contribution in [0.4, 0.5) is 4.39 Å². The third-order valence-corrected chi connectivity index (χ3v) is 3.49. The average Bonchev–Trinajstić information content (AvgIpc) is 2.87. The Bertz CT molecular complexity index is 1020. The maximum atomic E-state index is 14.1. The molecule has 108 valence electrons. The molecule has 22 heavy (non-hydrogen) atoms. The SMILES string of the molecule is Cc1ccc2nc(-c3cc(F)c4nc(C)nn4c3)ncc2c1. The first-order valence-corrected chi connectivity index (χ1v) is 6.86. The average molecular weight is 293 g/mol. The summed E-state index contributed by atoms with van der Waals surface area (Å²) in [7, 11) is 0. The quantitative estimate of drug-likeness (QED) is 0.541. The lowest BCUT2D eigenvalue weighted by Crippen LogP contribution is -1.96. The number of halogens is 1. The van der Waals surface area contributed by atoms with Crippen LogP contribution in [0.15, 0.2) is 36.7 Å². The van der Waals surface area contributed by atoms with Gasteiger partial charge < -0.3 is 0 Å². The second-order valence-corrected chi connectivity index (χ2v) is 5.26. The van der Waals surface area contributed by atoms with Crippen molar-refractivity contribution in [1.29, 1.82) is 0 Å². The highest BCUT2D eigenvalue weighted by molar-refractivity contribution is 5.80. The third kappa shape index (κ3) is 2.00. The van der Waals surface area contributed by atoms with Gasteiger partial charge in [-0.3, -0.25) is 0 Å². The van der Waals surface area contributed by atoms with Crippen molar-refractivity contribution in [2.24, 2.45) is 0 Å². The second kappa shape index (κ2) is 4.56. The molecule has 4 rings (SSSR count). The Morgan fingerprint density at radius 1 is 1.09 bits per heavy atom. The summed E-state index contributed by atoms with van der Waals surface area (Å²) in [5.41, 5.74) is 2.75. The number of aromatic nitrogens is 5. The molecule has 6 heteroatoms. The zero-order valence-electron chi connectivity index (χ0n) is 12.1. The molecule has 1 aromatic carbocycles. The Hall–Kier alpha value is -2.89. The van der Waals surface area contributed by atoms with Gasteiger partial charge in [0.2, 0.25) is 0 Å². The summed E-state index contributed by atoms with van der Waals surface area (Å²) in [5.74, 6) is 0.543. The van der Waals surface area contributed by atoms with Gasteiger partial charge in [0, 0.05) is 23.3 Å². The number of fused-ring (bicyclic) bond motifs is 2. The van der Waals surface area contributed by atoms with Crippen molar-refractivity contribution in [1.82, 2.24) is 24.6 Å². The lowest BCUT2D eigenvalue weighted by Gasteiger charge is -2.04. The topological polar surface area (TPSA) is 56.0 Å². The second-order valence-electron chi connectivity index (χ2n) is 5.26. The van der Waals surface area contributed by atoms with E-state index in [-0.39, 0.29) is 5.65 Å². The van der Waals surface area contributed by atoms with Gasteiger partial charge in [0.05, 0.1) is 5.52 Å². The van der Waals surface area contributed by atoms with Crippen molar-refractivity contribution in [3.63, 3.8) is 0 Å². The van der Waals surface area contributed by atoms with Crippen LogP contribution in [-0.4, -0.2) is 24.6 Å². The first-order valence-electron chi connectivity index (χ1n) is 6.86. The summed E-state index contributed by atoms with van der Waals surface area (Å²) in [4.78, 5) is 12.9. The molecule has 0 atom stereocenters. The van der Waals surface area contributed by atoms with Crippen LogP contribution in [0.3, 0.4) is 0 Å². The van der Waals surface area contributed by atoms with E-state index in [1.54, 1.807) is 19.3 Å². The van der Waals surface area contributed by atoms with Crippen LogP contribution >= 0.6 is 0 Å². The fourth-order valence-corrected chi connectivity index (χ4v) is 2.47. The van der Waals surface area contributed by atoms with E-state index >= 15 is 0 Å². The largest absolute Gasteiger partial charge is 0.236 e. The molecule has 0 amide bonds. The zero-order valence-corrected chi connectivity index (χ0v) is 12.1. The monoisotopic (exact) mass is 293 g/mol. The van der Waals surface area contributed by atoms with Crippen molar-refractivity contribution >= 4 is 16.6 Å². The first-order chi connectivity index (χ1) is 10.6. The summed E-state index contributed by atoms with van der Waals surface area (Å²) in [5, 5.41) is 5.10. The van der Waals surface area contributed by atoms with Crippen LogP contribution in [0.25, 0.3) is 27.9 Å². The predicted molar refractivity (Wildman–Crippen MR) is 81.0 cm³/mol. The maximum absolute atomic E-state index is 14.1. The van der Waals surface area contributed by atoms with Crippen LogP contribution < -0.4 is 0 Å². The highest BCUT2D eigenvalue weighted by atomic mass is 19.1. The molecule has 0 radical (unpaired) electrons. The van der Waals surface area contributed by atoms with Crippen LogP contribution in [0.5, 0.6) is 0 Å². The molecule has 0 spiro atoms. The molecule has 0 bridgehead atoms. The lowest BCUT2D eigenvalue weighted by molar-refractivity contribution is 0.628. The Morgan fingerprint density at radius 3 is 2.82 bits per heavy atom. The molecule has 0 unspecified atom stereocenters. The molecule has 3 heterocycles. The normalized spacial score (nSPS) is 11.4. The van der Waals surface area contributed by atoms with Gasteiger partial charge in [0.1, 0.15) is 5.82 Å². The molecule has 4 aromatic rings. The summed E-state index contributed by atoms with van der Waals surface area (Å²) in [6, 6.07) is 7.33. The molecule has 0 saturated carbocycles. The highest BCUT2D eigenvalue weighted by Gasteiger charge is 2.11. The van der Waals surface area contributed by atoms with Crippen LogP contribution in [0.1, 0.15) is 11.4 Å². The summed E-state index contributed by atoms with van der Waals surface area (Å²) >= 11 is 0. The minimum Gasteiger partial charge on any atom is -0.236 e. The van der Waals surface area contributed by atoms with Crippen molar-refractivity contribution in [3.05, 3.63) is 53.9 Å². The van der Waals surface area contributed by atoms with E-state index in [0.717, 1.165) is 16.5 Å². The fourth-order valence-electron chi connectivity index (χ4n) is 2.47. The van der Waals surface area contributed by atoms with Gasteiger partial charge in [0.25, 0.3) is 0 Å². The van der Waals surface area contributed by atoms with Crippen LogP contribution in [0, 0.1) is 19.7 Å². The number of nitrogens with zero attached hydrogens (tertiary/aromatic N) is 5. The van der Waals surface area contributed by atoms with E-state index < -0.39 is 5.82 Å². The first kappa shape index (κ1) is 12.8. The van der Waals surface area contributed by atoms with E-state index in [4.69, 9.17) is 0 Å². The summed E-state index contributed by atoms with van der Waals surface area (Å²) in [6.45, 7) is 3.74. The maximum Gasteiger partial charge on any atom is 0.191 e. The molecule has 0 N–H and O–H groups in total. The Kier molecular flexibility index (Phi) is 2.66. The van der Waals surface area contributed by atoms with Gasteiger partial charge >= 0.3 is 0 Å². The van der Waals surface area contributed by atoms with Gasteiger partial charge in [-0.05, 0) is 32.0 Å². The van der Waals surface area contributed by atoms with Crippen molar-refractivity contribution < 1.29 is 4.39 Å². The number of pyridine rings is 1. The van der Waals surface area contributed by atoms with E-state index in [2.05, 4.69) is 20.1 Å². The molecule has 0 aliphatic rings. The number of benzene rings is 1. The molecule has 0 aliphatic heterocycles. The predicted octanol–water partition coefficient (Wildman–Crippen LogP) is 3.10. The van der Waals surface area contributed by atoms with Crippen LogP contribution in [-0.2, 0) is 0 Å². The molecule has 3 aromatic heterocycles. The summed E-state index contributed by atoms with van der Waals surface area (Å²) in [6.07, 6.45) is 3.44. The van der Waals surface area contributed by atoms with Gasteiger partial charge in [-0.2, -0.15) is 5.10 Å². The van der Waals surface area contributed by atoms with Gasteiger partial charge in [0.15, 0.2) is 17.3 Å². The van der Waals surface area contributed by atoms with Crippen molar-refractivity contribution in [3.8, 4) is 11.4 Å². The van der Waals surface area contributed by atoms with E-state index in [1.807, 2.05) is 25.1 Å². The highest BCUT2D eigenvalue weighted by Crippen LogP contribution is 2.21. The zero-order chi connectivity index (χ0) is 15.3. The fraction of sp³-hybridized carbons (Fsp3) is 0.125. The number of hydrogen-bond donors (Lipinski definition) is 0. The minimum atomic E-state index is -0.439. The molecular weight excluding hydrogens is 281 g/mol. The third-order valence-electron chi connectivity index (χ3n) is 3.49. The van der Waals surface area contributed by atoms with Crippen molar-refractivity contribution in [2.75, 3.05) is 0 Å².